The summed E-state index contributed by atoms with van der Waals surface area (Å²) in [6.45, 7) is 3.23. The van der Waals surface area contributed by atoms with E-state index >= 15 is 0 Å². The largest absolute Gasteiger partial charge is 0.330 e. The Morgan fingerprint density at radius 3 is 2.64 bits per heavy atom. The fraction of sp³-hybridized carbons (Fsp3) is 0.400. The van der Waals surface area contributed by atoms with E-state index < -0.39 is 10.0 Å². The maximum atomic E-state index is 12.7. The first-order valence-electron chi connectivity index (χ1n) is 7.20. The van der Waals surface area contributed by atoms with E-state index in [1.54, 1.807) is 4.31 Å². The van der Waals surface area contributed by atoms with Gasteiger partial charge < -0.3 is 5.73 Å². The summed E-state index contributed by atoms with van der Waals surface area (Å²) in [6, 6.07) is 10.0. The van der Waals surface area contributed by atoms with Crippen molar-refractivity contribution in [3.63, 3.8) is 0 Å². The number of thiazole rings is 1. The molecular formula is C15H19N3O2S2. The van der Waals surface area contributed by atoms with Gasteiger partial charge in [-0.1, -0.05) is 30.3 Å². The molecule has 1 aromatic carbocycles. The van der Waals surface area contributed by atoms with E-state index in [-0.39, 0.29) is 11.8 Å². The maximum Gasteiger partial charge on any atom is 0.254 e. The highest BCUT2D eigenvalue weighted by atomic mass is 32.2. The van der Waals surface area contributed by atoms with Gasteiger partial charge in [-0.2, -0.15) is 4.31 Å². The molecule has 118 valence electrons. The standard InChI is InChI=1S/C15H19N3O2S2/c1-11-17-8-15(21-11)22(19,20)18-9-13(7-16)14(10-18)12-5-3-2-4-6-12/h2-6,8,13-14H,7,9-10,16H2,1H3/t13-,14+/m1/s1. The average molecular weight is 337 g/mol. The lowest BCUT2D eigenvalue weighted by atomic mass is 9.89. The second-order valence-electron chi connectivity index (χ2n) is 5.53. The number of aromatic nitrogens is 1. The Morgan fingerprint density at radius 2 is 2.05 bits per heavy atom. The van der Waals surface area contributed by atoms with E-state index in [9.17, 15) is 8.42 Å². The molecule has 22 heavy (non-hydrogen) atoms. The van der Waals surface area contributed by atoms with Crippen molar-refractivity contribution in [1.29, 1.82) is 0 Å². The molecule has 0 unspecified atom stereocenters. The third-order valence-electron chi connectivity index (χ3n) is 4.13. The zero-order chi connectivity index (χ0) is 15.7. The summed E-state index contributed by atoms with van der Waals surface area (Å²) in [5.74, 6) is 0.293. The molecule has 5 nitrogen and oxygen atoms in total. The maximum absolute atomic E-state index is 12.7. The Labute approximate surface area is 134 Å². The molecule has 2 heterocycles. The van der Waals surface area contributed by atoms with Crippen LogP contribution < -0.4 is 5.73 Å². The molecule has 0 saturated carbocycles. The number of benzene rings is 1. The van der Waals surface area contributed by atoms with E-state index in [1.807, 2.05) is 37.3 Å². The Kier molecular flexibility index (Phi) is 4.31. The molecule has 2 atom stereocenters. The van der Waals surface area contributed by atoms with Gasteiger partial charge in [-0.05, 0) is 24.9 Å². The van der Waals surface area contributed by atoms with Gasteiger partial charge in [0.15, 0.2) is 4.21 Å². The van der Waals surface area contributed by atoms with Crippen LogP contribution in [0.4, 0.5) is 0 Å². The van der Waals surface area contributed by atoms with E-state index in [0.29, 0.717) is 23.8 Å². The third-order valence-corrected chi connectivity index (χ3v) is 7.31. The van der Waals surface area contributed by atoms with Crippen molar-refractivity contribution < 1.29 is 8.42 Å². The summed E-state index contributed by atoms with van der Waals surface area (Å²) >= 11 is 1.22. The van der Waals surface area contributed by atoms with Gasteiger partial charge >= 0.3 is 0 Å². The lowest BCUT2D eigenvalue weighted by Crippen LogP contribution is -2.29. The van der Waals surface area contributed by atoms with Crippen LogP contribution in [0.2, 0.25) is 0 Å². The van der Waals surface area contributed by atoms with Crippen molar-refractivity contribution >= 4 is 21.4 Å². The minimum absolute atomic E-state index is 0.145. The van der Waals surface area contributed by atoms with Crippen molar-refractivity contribution in [3.05, 3.63) is 47.1 Å². The van der Waals surface area contributed by atoms with Gasteiger partial charge in [-0.15, -0.1) is 11.3 Å². The molecule has 0 radical (unpaired) electrons. The first-order chi connectivity index (χ1) is 10.5. The number of hydrogen-bond acceptors (Lipinski definition) is 5. The van der Waals surface area contributed by atoms with Gasteiger partial charge in [0.25, 0.3) is 10.0 Å². The van der Waals surface area contributed by atoms with Crippen LogP contribution in [0.1, 0.15) is 16.5 Å². The molecule has 0 spiro atoms. The zero-order valence-electron chi connectivity index (χ0n) is 12.3. The minimum atomic E-state index is -3.47. The Bertz CT molecular complexity index is 743. The van der Waals surface area contributed by atoms with Crippen LogP contribution in [0.15, 0.2) is 40.7 Å². The molecule has 7 heteroatoms. The number of nitrogens with two attached hydrogens (primary N) is 1. The van der Waals surface area contributed by atoms with Crippen molar-refractivity contribution in [3.8, 4) is 0 Å². The minimum Gasteiger partial charge on any atom is -0.330 e. The molecule has 1 aliphatic heterocycles. The van der Waals surface area contributed by atoms with Crippen molar-refractivity contribution in [2.24, 2.45) is 11.7 Å². The van der Waals surface area contributed by atoms with Crippen LogP contribution >= 0.6 is 11.3 Å². The molecule has 2 N–H and O–H groups in total. The molecule has 0 aliphatic carbocycles. The third kappa shape index (κ3) is 2.81. The summed E-state index contributed by atoms with van der Waals surface area (Å²) in [5, 5.41) is 0.757. The molecule has 1 aromatic heterocycles. The molecule has 0 amide bonds. The van der Waals surface area contributed by atoms with Crippen molar-refractivity contribution in [2.75, 3.05) is 19.6 Å². The predicted octanol–water partition coefficient (Wildman–Crippen LogP) is 1.81. The number of sulfonamides is 1. The lowest BCUT2D eigenvalue weighted by Gasteiger charge is -2.16. The molecule has 0 bridgehead atoms. The highest BCUT2D eigenvalue weighted by Crippen LogP contribution is 2.35. The molecule has 1 fully saturated rings. The smallest absolute Gasteiger partial charge is 0.254 e. The summed E-state index contributed by atoms with van der Waals surface area (Å²) < 4.78 is 27.3. The summed E-state index contributed by atoms with van der Waals surface area (Å²) in [6.07, 6.45) is 1.45. The predicted molar refractivity (Wildman–Crippen MR) is 87.3 cm³/mol. The Morgan fingerprint density at radius 1 is 1.32 bits per heavy atom. The number of aryl methyl sites for hydroxylation is 1. The Hall–Kier alpha value is -1.28. The van der Waals surface area contributed by atoms with Crippen molar-refractivity contribution in [1.82, 2.24) is 9.29 Å². The summed E-state index contributed by atoms with van der Waals surface area (Å²) in [7, 11) is -3.47. The van der Waals surface area contributed by atoms with Gasteiger partial charge in [0.05, 0.1) is 11.2 Å². The molecule has 2 aromatic rings. The van der Waals surface area contributed by atoms with E-state index in [2.05, 4.69) is 4.98 Å². The van der Waals surface area contributed by atoms with Crippen LogP contribution in [0.5, 0.6) is 0 Å². The van der Waals surface area contributed by atoms with Gasteiger partial charge in [-0.3, -0.25) is 0 Å². The van der Waals surface area contributed by atoms with Gasteiger partial charge in [0.2, 0.25) is 0 Å². The highest BCUT2D eigenvalue weighted by Gasteiger charge is 2.39. The molecule has 1 aliphatic rings. The number of rotatable bonds is 4. The molecule has 3 rings (SSSR count). The van der Waals surface area contributed by atoms with Crippen molar-refractivity contribution in [2.45, 2.75) is 17.1 Å². The highest BCUT2D eigenvalue weighted by molar-refractivity contribution is 7.91. The fourth-order valence-corrected chi connectivity index (χ4v) is 5.72. The van der Waals surface area contributed by atoms with Crippen LogP contribution in [0, 0.1) is 12.8 Å². The molecular weight excluding hydrogens is 318 g/mol. The summed E-state index contributed by atoms with van der Waals surface area (Å²) in [5.41, 5.74) is 7.03. The lowest BCUT2D eigenvalue weighted by molar-refractivity contribution is 0.460. The van der Waals surface area contributed by atoms with E-state index in [4.69, 9.17) is 5.73 Å². The van der Waals surface area contributed by atoms with Gasteiger partial charge in [0.1, 0.15) is 0 Å². The quantitative estimate of drug-likeness (QED) is 0.923. The fourth-order valence-electron chi connectivity index (χ4n) is 2.93. The monoisotopic (exact) mass is 337 g/mol. The SMILES string of the molecule is Cc1ncc(S(=O)(=O)N2C[C@@H](CN)[C@H](c3ccccc3)C2)s1. The normalized spacial score (nSPS) is 23.0. The van der Waals surface area contributed by atoms with Crippen LogP contribution in [0.25, 0.3) is 0 Å². The Balaban J connectivity index is 1.88. The summed E-state index contributed by atoms with van der Waals surface area (Å²) in [4.78, 5) is 4.06. The van der Waals surface area contributed by atoms with Crippen LogP contribution in [-0.4, -0.2) is 37.3 Å². The molecule has 1 saturated heterocycles. The average Bonchev–Trinajstić information content (AvgIpc) is 3.14. The topological polar surface area (TPSA) is 76.3 Å². The van der Waals surface area contributed by atoms with Crippen LogP contribution in [0.3, 0.4) is 0 Å². The second kappa shape index (κ2) is 6.08. The first-order valence-corrected chi connectivity index (χ1v) is 9.45. The van der Waals surface area contributed by atoms with Crippen LogP contribution in [-0.2, 0) is 10.0 Å². The van der Waals surface area contributed by atoms with E-state index in [1.165, 1.54) is 17.5 Å². The number of hydrogen-bond donors (Lipinski definition) is 1. The van der Waals surface area contributed by atoms with Gasteiger partial charge in [-0.25, -0.2) is 13.4 Å². The number of nitrogens with zero attached hydrogens (tertiary/aromatic N) is 2. The zero-order valence-corrected chi connectivity index (χ0v) is 14.0. The first kappa shape index (κ1) is 15.6. The second-order valence-corrected chi connectivity index (χ2v) is 8.93. The van der Waals surface area contributed by atoms with E-state index in [0.717, 1.165) is 10.6 Å². The van der Waals surface area contributed by atoms with Gasteiger partial charge in [0, 0.05) is 19.0 Å².